The molecule has 1 aliphatic rings. The first-order chi connectivity index (χ1) is 14.6. The Labute approximate surface area is 185 Å². The number of aromatic carboxylic acids is 1. The molecule has 1 fully saturated rings. The number of hydrogen-bond donors (Lipinski definition) is 2. The van der Waals surface area contributed by atoms with E-state index in [9.17, 15) is 14.7 Å². The van der Waals surface area contributed by atoms with E-state index in [1.807, 2.05) is 58.0 Å². The molecule has 1 aromatic heterocycles. The van der Waals surface area contributed by atoms with Crippen LogP contribution < -0.4 is 5.32 Å². The Morgan fingerprint density at radius 3 is 2.45 bits per heavy atom. The van der Waals surface area contributed by atoms with E-state index in [1.165, 1.54) is 16.8 Å². The summed E-state index contributed by atoms with van der Waals surface area (Å²) < 4.78 is 17.4. The largest absolute Gasteiger partial charge is 0.492 e. The summed E-state index contributed by atoms with van der Waals surface area (Å²) in [5, 5.41) is 12.1. The number of benzene rings is 1. The van der Waals surface area contributed by atoms with Crippen molar-refractivity contribution in [3.05, 3.63) is 57.4 Å². The van der Waals surface area contributed by atoms with Crippen molar-refractivity contribution in [2.24, 2.45) is 0 Å². The molecule has 1 saturated heterocycles. The van der Waals surface area contributed by atoms with Crippen LogP contribution in [0.5, 0.6) is 0 Å². The minimum Gasteiger partial charge on any atom is -0.476 e. The molecule has 0 atom stereocenters. The molecule has 0 aliphatic carbocycles. The number of thiazole rings is 1. The van der Waals surface area contributed by atoms with Gasteiger partial charge in [-0.1, -0.05) is 30.3 Å². The minimum absolute atomic E-state index is 0.0570. The van der Waals surface area contributed by atoms with Crippen molar-refractivity contribution in [2.45, 2.75) is 45.5 Å². The molecule has 1 amide bonds. The molecule has 0 radical (unpaired) electrons. The van der Waals surface area contributed by atoms with Crippen molar-refractivity contribution in [3.8, 4) is 0 Å². The molecule has 0 bridgehead atoms. The zero-order valence-electron chi connectivity index (χ0n) is 17.9. The van der Waals surface area contributed by atoms with Crippen molar-refractivity contribution in [1.82, 2.24) is 10.3 Å². The number of nitrogens with zero attached hydrogens (tertiary/aromatic N) is 1. The number of carbonyl (C=O) groups is 2. The molecule has 2 aromatic rings. The molecular formula is C21H25BN2O6S. The highest BCUT2D eigenvalue weighted by Crippen LogP contribution is 2.39. The maximum Gasteiger partial charge on any atom is 0.492 e. The molecule has 8 nitrogen and oxygen atoms in total. The summed E-state index contributed by atoms with van der Waals surface area (Å²) >= 11 is 1.18. The lowest BCUT2D eigenvalue weighted by Crippen LogP contribution is -2.41. The highest BCUT2D eigenvalue weighted by atomic mass is 32.1. The van der Waals surface area contributed by atoms with Crippen molar-refractivity contribution >= 4 is 36.6 Å². The van der Waals surface area contributed by atoms with Gasteiger partial charge in [0.05, 0.1) is 21.6 Å². The molecule has 1 aliphatic heterocycles. The molecule has 31 heavy (non-hydrogen) atoms. The molecule has 0 spiro atoms. The molecule has 1 aromatic carbocycles. The number of ether oxygens (including phenoxy) is 1. The Kier molecular flexibility index (Phi) is 6.83. The molecule has 0 saturated carbocycles. The molecule has 10 heteroatoms. The van der Waals surface area contributed by atoms with Crippen LogP contribution in [-0.2, 0) is 20.7 Å². The second-order valence-corrected chi connectivity index (χ2v) is 8.98. The number of amides is 1. The van der Waals surface area contributed by atoms with Crippen LogP contribution in [0.25, 0.3) is 6.08 Å². The number of nitrogens with one attached hydrogen (secondary N) is 1. The summed E-state index contributed by atoms with van der Waals surface area (Å²) in [4.78, 5) is 28.0. The predicted octanol–water partition coefficient (Wildman–Crippen LogP) is 3.78. The second kappa shape index (κ2) is 9.21. The lowest BCUT2D eigenvalue weighted by molar-refractivity contribution is 0.00578. The Bertz CT molecular complexity index is 957. The molecule has 0 unspecified atom stereocenters. The minimum atomic E-state index is -1.13. The zero-order valence-corrected chi connectivity index (χ0v) is 18.7. The number of carboxylic acids is 1. The summed E-state index contributed by atoms with van der Waals surface area (Å²) in [6.07, 6.45) is 1.04. The van der Waals surface area contributed by atoms with E-state index in [4.69, 9.17) is 14.0 Å². The van der Waals surface area contributed by atoms with E-state index in [2.05, 4.69) is 10.3 Å². The van der Waals surface area contributed by atoms with Crippen LogP contribution in [-0.4, -0.2) is 47.0 Å². The zero-order chi connectivity index (χ0) is 22.6. The molecular weight excluding hydrogens is 419 g/mol. The smallest absolute Gasteiger partial charge is 0.476 e. The van der Waals surface area contributed by atoms with E-state index >= 15 is 0 Å². The van der Waals surface area contributed by atoms with Gasteiger partial charge in [0.1, 0.15) is 6.61 Å². The summed E-state index contributed by atoms with van der Waals surface area (Å²) in [6, 6.07) is 9.34. The van der Waals surface area contributed by atoms with Crippen LogP contribution >= 0.6 is 11.3 Å². The summed E-state index contributed by atoms with van der Waals surface area (Å²) in [7, 11) is -0.761. The van der Waals surface area contributed by atoms with Gasteiger partial charge < -0.3 is 24.5 Å². The van der Waals surface area contributed by atoms with Gasteiger partial charge in [-0.2, -0.15) is 0 Å². The Morgan fingerprint density at radius 2 is 1.84 bits per heavy atom. The van der Waals surface area contributed by atoms with Gasteiger partial charge in [0.15, 0.2) is 5.69 Å². The lowest BCUT2D eigenvalue weighted by Gasteiger charge is -2.32. The van der Waals surface area contributed by atoms with E-state index in [1.54, 1.807) is 6.08 Å². The first kappa shape index (κ1) is 23.0. The Balaban J connectivity index is 1.75. The fourth-order valence-electron chi connectivity index (χ4n) is 2.83. The van der Waals surface area contributed by atoms with E-state index < -0.39 is 30.4 Å². The van der Waals surface area contributed by atoms with Crippen molar-refractivity contribution in [1.29, 1.82) is 0 Å². The average molecular weight is 444 g/mol. The maximum absolute atomic E-state index is 12.2. The number of alkyl carbamates (subject to hydrolysis) is 1. The predicted molar refractivity (Wildman–Crippen MR) is 118 cm³/mol. The van der Waals surface area contributed by atoms with Crippen molar-refractivity contribution in [3.63, 3.8) is 0 Å². The number of hydrogen-bond acceptors (Lipinski definition) is 7. The number of carboxylic acid groups (broad SMARTS) is 1. The molecule has 2 heterocycles. The third kappa shape index (κ3) is 5.52. The normalized spacial score (nSPS) is 17.4. The fraction of sp³-hybridized carbons (Fsp3) is 0.381. The van der Waals surface area contributed by atoms with Gasteiger partial charge in [-0.05, 0) is 44.8 Å². The van der Waals surface area contributed by atoms with E-state index in [0.717, 1.165) is 5.56 Å². The third-order valence-corrected chi connectivity index (χ3v) is 6.10. The van der Waals surface area contributed by atoms with Crippen molar-refractivity contribution in [2.75, 3.05) is 6.54 Å². The van der Waals surface area contributed by atoms with Gasteiger partial charge in [-0.25, -0.2) is 14.6 Å². The topological polar surface area (TPSA) is 107 Å². The van der Waals surface area contributed by atoms with Crippen LogP contribution in [0.1, 0.15) is 48.6 Å². The average Bonchev–Trinajstić information content (AvgIpc) is 3.25. The quantitative estimate of drug-likeness (QED) is 0.626. The Morgan fingerprint density at radius 1 is 1.19 bits per heavy atom. The van der Waals surface area contributed by atoms with Crippen LogP contribution in [0.15, 0.2) is 41.3 Å². The first-order valence-corrected chi connectivity index (χ1v) is 10.6. The Hall–Kier alpha value is -2.69. The van der Waals surface area contributed by atoms with Gasteiger partial charge in [0.2, 0.25) is 0 Å². The monoisotopic (exact) mass is 444 g/mol. The number of aromatic nitrogens is 1. The van der Waals surface area contributed by atoms with Crippen molar-refractivity contribution < 1.29 is 28.7 Å². The van der Waals surface area contributed by atoms with Crippen LogP contribution in [0, 0.1) is 0 Å². The highest BCUT2D eigenvalue weighted by Gasteiger charge is 2.52. The van der Waals surface area contributed by atoms with Gasteiger partial charge in [-0.3, -0.25) is 0 Å². The third-order valence-electron chi connectivity index (χ3n) is 5.32. The maximum atomic E-state index is 12.2. The molecule has 3 rings (SSSR count). The highest BCUT2D eigenvalue weighted by molar-refractivity contribution is 7.11. The van der Waals surface area contributed by atoms with Crippen LogP contribution in [0.2, 0.25) is 0 Å². The summed E-state index contributed by atoms with van der Waals surface area (Å²) in [5.41, 5.74) is 1.64. The lowest BCUT2D eigenvalue weighted by atomic mass is 9.77. The second-order valence-electron chi connectivity index (χ2n) is 8.09. The van der Waals surface area contributed by atoms with E-state index in [0.29, 0.717) is 10.3 Å². The van der Waals surface area contributed by atoms with Crippen LogP contribution in [0.4, 0.5) is 4.79 Å². The molecule has 2 N–H and O–H groups in total. The van der Waals surface area contributed by atoms with Gasteiger partial charge in [0.25, 0.3) is 0 Å². The number of rotatable bonds is 7. The number of carbonyl (C=O) groups excluding carboxylic acids is 1. The van der Waals surface area contributed by atoms with Gasteiger partial charge in [0, 0.05) is 6.54 Å². The fourth-order valence-corrected chi connectivity index (χ4v) is 3.57. The summed E-state index contributed by atoms with van der Waals surface area (Å²) in [6.45, 7) is 7.87. The van der Waals surface area contributed by atoms with Crippen LogP contribution in [0.3, 0.4) is 0 Å². The van der Waals surface area contributed by atoms with Gasteiger partial charge >= 0.3 is 19.2 Å². The first-order valence-electron chi connectivity index (χ1n) is 9.76. The van der Waals surface area contributed by atoms with Gasteiger partial charge in [-0.15, -0.1) is 11.3 Å². The SMILES string of the molecule is CC1(C)OB(C(=Cc2scnc2C(=O)O)CNC(=O)OCc2ccccc2)OC1(C)C. The summed E-state index contributed by atoms with van der Waals surface area (Å²) in [5.74, 6) is -1.13. The van der Waals surface area contributed by atoms with E-state index in [-0.39, 0.29) is 18.8 Å². The standard InChI is InChI=1S/C21H25BN2O6S/c1-20(2)21(3,4)30-22(29-20)15(10-16-17(18(25)26)24-13-31-16)11-23-19(27)28-12-14-8-6-5-7-9-14/h5-10,13H,11-12H2,1-4H3,(H,23,27)(H,25,26). The molecule has 164 valence electrons.